The molecule has 1 aromatic heterocycles. The van der Waals surface area contributed by atoms with Crippen molar-refractivity contribution in [3.63, 3.8) is 0 Å². The van der Waals surface area contributed by atoms with Gasteiger partial charge in [0.05, 0.1) is 12.8 Å². The quantitative estimate of drug-likeness (QED) is 0.657. The molecule has 1 heterocycles. The lowest BCUT2D eigenvalue weighted by Gasteiger charge is -2.24. The fourth-order valence-corrected chi connectivity index (χ4v) is 3.71. The lowest BCUT2D eigenvalue weighted by Crippen LogP contribution is -2.25. The Kier molecular flexibility index (Phi) is 5.69. The summed E-state index contributed by atoms with van der Waals surface area (Å²) in [7, 11) is 0. The molecule has 3 aromatic rings. The number of hydrogen-bond acceptors (Lipinski definition) is 4. The van der Waals surface area contributed by atoms with Crippen molar-refractivity contribution in [3.05, 3.63) is 77.4 Å². The van der Waals surface area contributed by atoms with Crippen molar-refractivity contribution in [1.82, 2.24) is 15.1 Å². The Morgan fingerprint density at radius 1 is 1.18 bits per heavy atom. The highest BCUT2D eigenvalue weighted by Gasteiger charge is 2.25. The number of rotatable bonds is 7. The summed E-state index contributed by atoms with van der Waals surface area (Å²) in [6.07, 6.45) is 4.84. The second-order valence-corrected chi connectivity index (χ2v) is 6.95. The minimum absolute atomic E-state index is 0.00782. The fraction of sp³-hybridized carbons (Fsp3) is 0.318. The molecule has 28 heavy (non-hydrogen) atoms. The van der Waals surface area contributed by atoms with Gasteiger partial charge in [0, 0.05) is 23.8 Å². The third-order valence-electron chi connectivity index (χ3n) is 5.10. The molecule has 4 rings (SSSR count). The Morgan fingerprint density at radius 3 is 2.79 bits per heavy atom. The number of aliphatic hydroxyl groups is 1. The highest BCUT2D eigenvalue weighted by molar-refractivity contribution is 5.38. The lowest BCUT2D eigenvalue weighted by atomic mass is 9.92. The van der Waals surface area contributed by atoms with E-state index in [0.29, 0.717) is 12.3 Å². The Hall–Kier alpha value is -2.70. The van der Waals surface area contributed by atoms with Crippen molar-refractivity contribution in [3.8, 4) is 11.4 Å². The molecule has 0 aliphatic heterocycles. The van der Waals surface area contributed by atoms with Gasteiger partial charge in [0.2, 0.25) is 0 Å². The zero-order valence-electron chi connectivity index (χ0n) is 15.6. The van der Waals surface area contributed by atoms with Crippen LogP contribution < -0.4 is 10.1 Å². The zero-order valence-corrected chi connectivity index (χ0v) is 15.6. The van der Waals surface area contributed by atoms with Crippen LogP contribution in [0, 0.1) is 5.82 Å². The van der Waals surface area contributed by atoms with Crippen LogP contribution in [0.15, 0.2) is 54.7 Å². The van der Waals surface area contributed by atoms with Crippen LogP contribution in [0.3, 0.4) is 0 Å². The molecule has 0 spiro atoms. The molecule has 0 amide bonds. The molecule has 1 aliphatic rings. The standard InChI is InChI=1S/C22H24FN3O2/c23-19-4-1-2-6-22(19)26-21-7-3-5-20(18(21)15-25-26)24-14-16-8-10-17(11-9-16)28-13-12-27/h1-2,4,6,8-11,15,20,24,27H,3,5,7,12-14H2/t20-/m1/s1. The summed E-state index contributed by atoms with van der Waals surface area (Å²) >= 11 is 0. The molecule has 6 heteroatoms. The smallest absolute Gasteiger partial charge is 0.148 e. The summed E-state index contributed by atoms with van der Waals surface area (Å²) < 4.78 is 21.3. The molecular formula is C22H24FN3O2. The van der Waals surface area contributed by atoms with Crippen molar-refractivity contribution < 1.29 is 14.2 Å². The largest absolute Gasteiger partial charge is 0.491 e. The van der Waals surface area contributed by atoms with Gasteiger partial charge in [-0.05, 0) is 49.1 Å². The molecule has 2 aromatic carbocycles. The van der Waals surface area contributed by atoms with E-state index in [1.807, 2.05) is 36.5 Å². The van der Waals surface area contributed by atoms with Gasteiger partial charge in [0.15, 0.2) is 0 Å². The van der Waals surface area contributed by atoms with Crippen LogP contribution in [-0.2, 0) is 13.0 Å². The monoisotopic (exact) mass is 381 g/mol. The summed E-state index contributed by atoms with van der Waals surface area (Å²) in [6.45, 7) is 1.04. The first kappa shape index (κ1) is 18.7. The van der Waals surface area contributed by atoms with Gasteiger partial charge in [-0.15, -0.1) is 0 Å². The maximum atomic E-state index is 14.2. The van der Waals surface area contributed by atoms with Gasteiger partial charge in [-0.1, -0.05) is 24.3 Å². The molecule has 0 bridgehead atoms. The van der Waals surface area contributed by atoms with Gasteiger partial charge in [0.1, 0.15) is 23.9 Å². The number of halogens is 1. The third kappa shape index (κ3) is 3.93. The lowest BCUT2D eigenvalue weighted by molar-refractivity contribution is 0.201. The Balaban J connectivity index is 1.46. The molecule has 0 fully saturated rings. The highest BCUT2D eigenvalue weighted by Crippen LogP contribution is 2.31. The summed E-state index contributed by atoms with van der Waals surface area (Å²) in [6, 6.07) is 14.8. The summed E-state index contributed by atoms with van der Waals surface area (Å²) in [5, 5.41) is 16.9. The first-order valence-corrected chi connectivity index (χ1v) is 9.64. The van der Waals surface area contributed by atoms with Crippen molar-refractivity contribution >= 4 is 0 Å². The molecule has 0 saturated carbocycles. The molecule has 0 radical (unpaired) electrons. The predicted molar refractivity (Wildman–Crippen MR) is 105 cm³/mol. The van der Waals surface area contributed by atoms with Crippen LogP contribution in [0.2, 0.25) is 0 Å². The Bertz CT molecular complexity index is 924. The highest BCUT2D eigenvalue weighted by atomic mass is 19.1. The van der Waals surface area contributed by atoms with Gasteiger partial charge in [-0.3, -0.25) is 0 Å². The molecule has 0 saturated heterocycles. The van der Waals surface area contributed by atoms with Crippen LogP contribution in [0.4, 0.5) is 4.39 Å². The molecular weight excluding hydrogens is 357 g/mol. The first-order valence-electron chi connectivity index (χ1n) is 9.64. The van der Waals surface area contributed by atoms with E-state index >= 15 is 0 Å². The minimum atomic E-state index is -0.257. The van der Waals surface area contributed by atoms with Crippen LogP contribution >= 0.6 is 0 Å². The van der Waals surface area contributed by atoms with E-state index in [1.165, 1.54) is 6.07 Å². The Morgan fingerprint density at radius 2 is 2.00 bits per heavy atom. The predicted octanol–water partition coefficient (Wildman–Crippen LogP) is 3.55. The van der Waals surface area contributed by atoms with Gasteiger partial charge < -0.3 is 15.2 Å². The number of nitrogens with zero attached hydrogens (tertiary/aromatic N) is 2. The zero-order chi connectivity index (χ0) is 19.3. The van der Waals surface area contributed by atoms with Crippen LogP contribution in [0.5, 0.6) is 5.75 Å². The molecule has 0 unspecified atom stereocenters. The van der Waals surface area contributed by atoms with E-state index < -0.39 is 0 Å². The normalized spacial score (nSPS) is 16.0. The van der Waals surface area contributed by atoms with Crippen molar-refractivity contribution in [2.24, 2.45) is 0 Å². The van der Waals surface area contributed by atoms with Crippen LogP contribution in [-0.4, -0.2) is 28.1 Å². The van der Waals surface area contributed by atoms with Crippen LogP contribution in [0.1, 0.15) is 35.7 Å². The van der Waals surface area contributed by atoms with Gasteiger partial charge >= 0.3 is 0 Å². The minimum Gasteiger partial charge on any atom is -0.491 e. The number of aliphatic hydroxyl groups excluding tert-OH is 1. The molecule has 5 nitrogen and oxygen atoms in total. The number of aromatic nitrogens is 2. The SMILES string of the molecule is OCCOc1ccc(CN[C@@H]2CCCc3c2cnn3-c2ccccc2F)cc1. The number of ether oxygens (including phenoxy) is 1. The number of fused-ring (bicyclic) bond motifs is 1. The van der Waals surface area contributed by atoms with Gasteiger partial charge in [0.25, 0.3) is 0 Å². The fourth-order valence-electron chi connectivity index (χ4n) is 3.71. The topological polar surface area (TPSA) is 59.3 Å². The van der Waals surface area contributed by atoms with E-state index in [-0.39, 0.29) is 18.5 Å². The average molecular weight is 381 g/mol. The average Bonchev–Trinajstić information content (AvgIpc) is 3.16. The summed E-state index contributed by atoms with van der Waals surface area (Å²) in [5.41, 5.74) is 3.90. The maximum absolute atomic E-state index is 14.2. The second-order valence-electron chi connectivity index (χ2n) is 6.95. The molecule has 2 N–H and O–H groups in total. The molecule has 146 valence electrons. The maximum Gasteiger partial charge on any atom is 0.148 e. The second kappa shape index (κ2) is 8.54. The van der Waals surface area contributed by atoms with E-state index in [4.69, 9.17) is 9.84 Å². The number of nitrogens with one attached hydrogen (secondary N) is 1. The number of hydrogen-bond donors (Lipinski definition) is 2. The number of para-hydroxylation sites is 1. The Labute approximate surface area is 163 Å². The van der Waals surface area contributed by atoms with Crippen molar-refractivity contribution in [2.45, 2.75) is 31.8 Å². The third-order valence-corrected chi connectivity index (χ3v) is 5.10. The first-order chi connectivity index (χ1) is 13.8. The van der Waals surface area contributed by atoms with Gasteiger partial charge in [-0.2, -0.15) is 5.10 Å². The van der Waals surface area contributed by atoms with E-state index in [0.717, 1.165) is 48.4 Å². The molecule has 1 atom stereocenters. The van der Waals surface area contributed by atoms with Crippen molar-refractivity contribution in [2.75, 3.05) is 13.2 Å². The molecule has 1 aliphatic carbocycles. The summed E-state index contributed by atoms with van der Waals surface area (Å²) in [4.78, 5) is 0. The van der Waals surface area contributed by atoms with E-state index in [9.17, 15) is 4.39 Å². The van der Waals surface area contributed by atoms with E-state index in [2.05, 4.69) is 10.4 Å². The van der Waals surface area contributed by atoms with E-state index in [1.54, 1.807) is 16.8 Å². The van der Waals surface area contributed by atoms with Crippen molar-refractivity contribution in [1.29, 1.82) is 0 Å². The van der Waals surface area contributed by atoms with Gasteiger partial charge in [-0.25, -0.2) is 9.07 Å². The van der Waals surface area contributed by atoms with Crippen LogP contribution in [0.25, 0.3) is 5.69 Å². The number of benzene rings is 2. The summed E-state index contributed by atoms with van der Waals surface area (Å²) in [5.74, 6) is 0.496.